The van der Waals surface area contributed by atoms with Crippen molar-refractivity contribution in [3.8, 4) is 0 Å². The smallest absolute Gasteiger partial charge is 0.306 e. The molecule has 3 rings (SSSR count). The Balaban J connectivity index is 1.75. The summed E-state index contributed by atoms with van der Waals surface area (Å²) in [4.78, 5) is 14.2. The lowest BCUT2D eigenvalue weighted by Gasteiger charge is -2.27. The highest BCUT2D eigenvalue weighted by molar-refractivity contribution is 5.70. The van der Waals surface area contributed by atoms with Gasteiger partial charge in [0.25, 0.3) is 0 Å². The van der Waals surface area contributed by atoms with Crippen molar-refractivity contribution < 1.29 is 9.53 Å². The third-order valence-corrected chi connectivity index (χ3v) is 4.68. The number of esters is 1. The van der Waals surface area contributed by atoms with Crippen LogP contribution in [-0.2, 0) is 16.1 Å². The zero-order valence-corrected chi connectivity index (χ0v) is 12.6. The van der Waals surface area contributed by atoms with Crippen LogP contribution in [0.2, 0.25) is 0 Å². The lowest BCUT2D eigenvalue weighted by molar-refractivity contribution is -0.141. The summed E-state index contributed by atoms with van der Waals surface area (Å²) >= 11 is 0. The maximum absolute atomic E-state index is 11.6. The Morgan fingerprint density at radius 2 is 2.14 bits per heavy atom. The number of allylic oxidation sites excluding steroid dienone is 1. The molecule has 3 nitrogen and oxygen atoms in total. The van der Waals surface area contributed by atoms with E-state index in [0.29, 0.717) is 18.4 Å². The first-order valence-corrected chi connectivity index (χ1v) is 7.82. The van der Waals surface area contributed by atoms with Crippen molar-refractivity contribution in [3.05, 3.63) is 47.5 Å². The Kier molecular flexibility index (Phi) is 4.39. The van der Waals surface area contributed by atoms with E-state index in [2.05, 4.69) is 41.3 Å². The fourth-order valence-electron chi connectivity index (χ4n) is 3.69. The van der Waals surface area contributed by atoms with E-state index in [1.165, 1.54) is 31.1 Å². The van der Waals surface area contributed by atoms with E-state index in [-0.39, 0.29) is 5.97 Å². The van der Waals surface area contributed by atoms with Crippen molar-refractivity contribution >= 4 is 5.97 Å². The van der Waals surface area contributed by atoms with Crippen LogP contribution < -0.4 is 0 Å². The first-order chi connectivity index (χ1) is 10.3. The normalized spacial score (nSPS) is 25.3. The third-order valence-electron chi connectivity index (χ3n) is 4.68. The zero-order chi connectivity index (χ0) is 14.7. The van der Waals surface area contributed by atoms with Crippen molar-refractivity contribution in [2.24, 2.45) is 5.92 Å². The molecule has 1 aliphatic heterocycles. The number of nitrogens with zero attached hydrogens (tertiary/aromatic N) is 1. The monoisotopic (exact) mass is 285 g/mol. The van der Waals surface area contributed by atoms with Gasteiger partial charge in [0.15, 0.2) is 0 Å². The maximum atomic E-state index is 11.6. The minimum Gasteiger partial charge on any atom is -0.469 e. The van der Waals surface area contributed by atoms with Gasteiger partial charge in [-0.15, -0.1) is 0 Å². The molecule has 0 aromatic heterocycles. The van der Waals surface area contributed by atoms with E-state index < -0.39 is 0 Å². The lowest BCUT2D eigenvalue weighted by atomic mass is 9.87. The predicted octanol–water partition coefficient (Wildman–Crippen LogP) is 3.16. The van der Waals surface area contributed by atoms with Gasteiger partial charge in [-0.3, -0.25) is 9.69 Å². The molecule has 112 valence electrons. The summed E-state index contributed by atoms with van der Waals surface area (Å²) in [6.07, 6.45) is 6.51. The van der Waals surface area contributed by atoms with Gasteiger partial charge >= 0.3 is 5.97 Å². The van der Waals surface area contributed by atoms with Crippen molar-refractivity contribution in [1.82, 2.24) is 4.90 Å². The summed E-state index contributed by atoms with van der Waals surface area (Å²) < 4.78 is 4.86. The van der Waals surface area contributed by atoms with Crippen LogP contribution >= 0.6 is 0 Å². The molecule has 1 fully saturated rings. The number of benzene rings is 1. The molecule has 0 saturated carbocycles. The highest BCUT2D eigenvalue weighted by Crippen LogP contribution is 2.38. The van der Waals surface area contributed by atoms with Gasteiger partial charge in [-0.05, 0) is 24.8 Å². The van der Waals surface area contributed by atoms with Gasteiger partial charge in [-0.25, -0.2) is 0 Å². The second-order valence-corrected chi connectivity index (χ2v) is 6.04. The number of carbonyl (C=O) groups excluding carboxylic acids is 1. The molecule has 21 heavy (non-hydrogen) atoms. The molecule has 1 aromatic carbocycles. The van der Waals surface area contributed by atoms with Crippen LogP contribution in [0.4, 0.5) is 0 Å². The van der Waals surface area contributed by atoms with Crippen molar-refractivity contribution in [3.63, 3.8) is 0 Å². The van der Waals surface area contributed by atoms with Gasteiger partial charge in [0.05, 0.1) is 13.5 Å². The van der Waals surface area contributed by atoms with Crippen LogP contribution in [0.3, 0.4) is 0 Å². The standard InChI is InChI=1S/C18H23NO2/c1-21-18(20)11-15-13-19(12-14-7-3-2-4-8-14)17-10-6-5-9-16(15)17/h2-4,7-9,15,17H,5-6,10-13H2,1H3/t15-,17+/m0/s1. The van der Waals surface area contributed by atoms with Crippen LogP contribution in [0.1, 0.15) is 31.2 Å². The largest absolute Gasteiger partial charge is 0.469 e. The highest BCUT2D eigenvalue weighted by Gasteiger charge is 2.38. The van der Waals surface area contributed by atoms with Gasteiger partial charge < -0.3 is 4.74 Å². The Hall–Kier alpha value is -1.61. The third kappa shape index (κ3) is 3.18. The van der Waals surface area contributed by atoms with Gasteiger partial charge in [0.1, 0.15) is 0 Å². The van der Waals surface area contributed by atoms with Gasteiger partial charge in [-0.2, -0.15) is 0 Å². The molecule has 2 atom stereocenters. The van der Waals surface area contributed by atoms with Crippen LogP contribution in [0.15, 0.2) is 42.0 Å². The summed E-state index contributed by atoms with van der Waals surface area (Å²) in [5, 5.41) is 0. The van der Waals surface area contributed by atoms with Gasteiger partial charge in [0, 0.05) is 25.0 Å². The molecule has 0 N–H and O–H groups in total. The minimum atomic E-state index is -0.0909. The zero-order valence-electron chi connectivity index (χ0n) is 12.6. The maximum Gasteiger partial charge on any atom is 0.306 e. The van der Waals surface area contributed by atoms with E-state index in [1.807, 2.05) is 0 Å². The molecule has 0 amide bonds. The van der Waals surface area contributed by atoms with Crippen LogP contribution in [0, 0.1) is 5.92 Å². The minimum absolute atomic E-state index is 0.0909. The summed E-state index contributed by atoms with van der Waals surface area (Å²) in [7, 11) is 1.48. The van der Waals surface area contributed by atoms with E-state index in [9.17, 15) is 4.79 Å². The molecule has 3 heteroatoms. The molecule has 1 aliphatic carbocycles. The molecule has 2 aliphatic rings. The first-order valence-electron chi connectivity index (χ1n) is 7.82. The number of carbonyl (C=O) groups is 1. The number of methoxy groups -OCH3 is 1. The molecule has 1 aromatic rings. The van der Waals surface area contributed by atoms with Crippen molar-refractivity contribution in [2.75, 3.05) is 13.7 Å². The fraction of sp³-hybridized carbons (Fsp3) is 0.500. The topological polar surface area (TPSA) is 29.5 Å². The molecule has 0 unspecified atom stereocenters. The Morgan fingerprint density at radius 3 is 2.90 bits per heavy atom. The van der Waals surface area contributed by atoms with Crippen LogP contribution in [-0.4, -0.2) is 30.6 Å². The number of rotatable bonds is 4. The Morgan fingerprint density at radius 1 is 1.33 bits per heavy atom. The van der Waals surface area contributed by atoms with E-state index in [0.717, 1.165) is 19.5 Å². The molecule has 1 heterocycles. The average Bonchev–Trinajstić information content (AvgIpc) is 2.86. The fourth-order valence-corrected chi connectivity index (χ4v) is 3.69. The quantitative estimate of drug-likeness (QED) is 0.628. The molecular formula is C18H23NO2. The number of hydrogen-bond donors (Lipinski definition) is 0. The Labute approximate surface area is 126 Å². The second kappa shape index (κ2) is 6.44. The first kappa shape index (κ1) is 14.3. The van der Waals surface area contributed by atoms with Crippen LogP contribution in [0.5, 0.6) is 0 Å². The molecule has 0 spiro atoms. The second-order valence-electron chi connectivity index (χ2n) is 6.04. The van der Waals surface area contributed by atoms with Crippen molar-refractivity contribution in [2.45, 2.75) is 38.3 Å². The van der Waals surface area contributed by atoms with E-state index in [1.54, 1.807) is 0 Å². The van der Waals surface area contributed by atoms with Crippen molar-refractivity contribution in [1.29, 1.82) is 0 Å². The predicted molar refractivity (Wildman–Crippen MR) is 82.7 cm³/mol. The number of likely N-dealkylation sites (tertiary alicyclic amines) is 1. The van der Waals surface area contributed by atoms with Gasteiger partial charge in [-0.1, -0.05) is 42.0 Å². The molecular weight excluding hydrogens is 262 g/mol. The number of hydrogen-bond acceptors (Lipinski definition) is 3. The average molecular weight is 285 g/mol. The van der Waals surface area contributed by atoms with Gasteiger partial charge in [0.2, 0.25) is 0 Å². The lowest BCUT2D eigenvalue weighted by Crippen LogP contribution is -2.30. The SMILES string of the molecule is COC(=O)C[C@H]1CN(Cc2ccccc2)[C@@H]2CCCC=C12. The summed E-state index contributed by atoms with van der Waals surface area (Å²) in [6.45, 7) is 1.95. The summed E-state index contributed by atoms with van der Waals surface area (Å²) in [5.41, 5.74) is 2.82. The summed E-state index contributed by atoms with van der Waals surface area (Å²) in [5.74, 6) is 0.248. The highest BCUT2D eigenvalue weighted by atomic mass is 16.5. The molecule has 1 saturated heterocycles. The Bertz CT molecular complexity index is 523. The number of ether oxygens (including phenoxy) is 1. The molecule has 0 bridgehead atoms. The summed E-state index contributed by atoms with van der Waals surface area (Å²) in [6, 6.07) is 11.1. The molecule has 0 radical (unpaired) electrons. The van der Waals surface area contributed by atoms with Crippen LogP contribution in [0.25, 0.3) is 0 Å². The number of fused-ring (bicyclic) bond motifs is 1. The van der Waals surface area contributed by atoms with E-state index >= 15 is 0 Å². The van der Waals surface area contributed by atoms with E-state index in [4.69, 9.17) is 4.74 Å².